The van der Waals surface area contributed by atoms with E-state index in [1.165, 1.54) is 12.5 Å². The standard InChI is InChI=1S/C12H15FN2O2/c1-14(8-9-4-2-5-9)11-7-3-6-10(13)12(11)15(16)17/h3,6-7,9H,2,4-5,8H2,1H3. The Bertz CT molecular complexity index is 433. The first kappa shape index (κ1) is 11.8. The number of nitro benzene ring substituents is 1. The van der Waals surface area contributed by atoms with Crippen molar-refractivity contribution in [3.8, 4) is 0 Å². The minimum Gasteiger partial charge on any atom is -0.369 e. The highest BCUT2D eigenvalue weighted by Gasteiger charge is 2.25. The van der Waals surface area contributed by atoms with Crippen LogP contribution in [0.3, 0.4) is 0 Å². The molecule has 1 aliphatic carbocycles. The maximum atomic E-state index is 13.4. The van der Waals surface area contributed by atoms with E-state index in [1.807, 2.05) is 0 Å². The van der Waals surface area contributed by atoms with Gasteiger partial charge in [0, 0.05) is 13.6 Å². The summed E-state index contributed by atoms with van der Waals surface area (Å²) < 4.78 is 13.4. The zero-order chi connectivity index (χ0) is 12.4. The van der Waals surface area contributed by atoms with Gasteiger partial charge < -0.3 is 4.90 Å². The predicted molar refractivity (Wildman–Crippen MR) is 63.7 cm³/mol. The molecule has 1 aliphatic rings. The van der Waals surface area contributed by atoms with Gasteiger partial charge in [0.1, 0.15) is 5.69 Å². The minimum absolute atomic E-state index is 0.363. The van der Waals surface area contributed by atoms with E-state index in [1.54, 1.807) is 18.0 Å². The first-order valence-corrected chi connectivity index (χ1v) is 5.73. The molecule has 4 nitrogen and oxygen atoms in total. The van der Waals surface area contributed by atoms with Crippen molar-refractivity contribution in [3.05, 3.63) is 34.1 Å². The highest BCUT2D eigenvalue weighted by Crippen LogP contribution is 2.33. The molecule has 92 valence electrons. The summed E-state index contributed by atoms with van der Waals surface area (Å²) in [6, 6.07) is 4.23. The zero-order valence-corrected chi connectivity index (χ0v) is 9.73. The fourth-order valence-electron chi connectivity index (χ4n) is 2.15. The highest BCUT2D eigenvalue weighted by atomic mass is 19.1. The Morgan fingerprint density at radius 3 is 2.76 bits per heavy atom. The van der Waals surface area contributed by atoms with Crippen molar-refractivity contribution in [1.82, 2.24) is 0 Å². The van der Waals surface area contributed by atoms with E-state index in [2.05, 4.69) is 0 Å². The van der Waals surface area contributed by atoms with E-state index < -0.39 is 16.4 Å². The van der Waals surface area contributed by atoms with Crippen LogP contribution in [-0.4, -0.2) is 18.5 Å². The molecule has 1 saturated carbocycles. The van der Waals surface area contributed by atoms with Crippen LogP contribution in [-0.2, 0) is 0 Å². The molecule has 1 aromatic rings. The third-order valence-electron chi connectivity index (χ3n) is 3.32. The molecule has 0 aliphatic heterocycles. The zero-order valence-electron chi connectivity index (χ0n) is 9.73. The molecule has 0 aromatic heterocycles. The van der Waals surface area contributed by atoms with Gasteiger partial charge in [0.15, 0.2) is 0 Å². The van der Waals surface area contributed by atoms with E-state index in [-0.39, 0.29) is 0 Å². The molecule has 0 heterocycles. The second-order valence-corrected chi connectivity index (χ2v) is 4.54. The van der Waals surface area contributed by atoms with Gasteiger partial charge in [-0.25, -0.2) is 0 Å². The van der Waals surface area contributed by atoms with Crippen molar-refractivity contribution < 1.29 is 9.31 Å². The van der Waals surface area contributed by atoms with E-state index in [4.69, 9.17) is 0 Å². The fourth-order valence-corrected chi connectivity index (χ4v) is 2.15. The van der Waals surface area contributed by atoms with Crippen molar-refractivity contribution >= 4 is 11.4 Å². The third-order valence-corrected chi connectivity index (χ3v) is 3.32. The summed E-state index contributed by atoms with van der Waals surface area (Å²) in [5.74, 6) is -0.184. The van der Waals surface area contributed by atoms with Gasteiger partial charge in [-0.15, -0.1) is 0 Å². The molecule has 0 spiro atoms. The maximum absolute atomic E-state index is 13.4. The lowest BCUT2D eigenvalue weighted by Crippen LogP contribution is -2.29. The first-order valence-electron chi connectivity index (χ1n) is 5.73. The Morgan fingerprint density at radius 1 is 1.53 bits per heavy atom. The molecule has 5 heteroatoms. The number of rotatable bonds is 4. The van der Waals surface area contributed by atoms with Crippen molar-refractivity contribution in [2.45, 2.75) is 19.3 Å². The maximum Gasteiger partial charge on any atom is 0.327 e. The van der Waals surface area contributed by atoms with Gasteiger partial charge in [-0.3, -0.25) is 10.1 Å². The van der Waals surface area contributed by atoms with Gasteiger partial charge in [0.2, 0.25) is 5.82 Å². The normalized spacial score (nSPS) is 15.4. The van der Waals surface area contributed by atoms with Crippen LogP contribution in [0.15, 0.2) is 18.2 Å². The summed E-state index contributed by atoms with van der Waals surface area (Å²) in [6.07, 6.45) is 3.55. The lowest BCUT2D eigenvalue weighted by atomic mass is 9.85. The third kappa shape index (κ3) is 2.38. The Hall–Kier alpha value is -1.65. The number of nitrogens with zero attached hydrogens (tertiary/aromatic N) is 2. The molecule has 0 N–H and O–H groups in total. The quantitative estimate of drug-likeness (QED) is 0.598. The monoisotopic (exact) mass is 238 g/mol. The van der Waals surface area contributed by atoms with E-state index >= 15 is 0 Å². The van der Waals surface area contributed by atoms with Crippen LogP contribution in [0.25, 0.3) is 0 Å². The van der Waals surface area contributed by atoms with E-state index in [9.17, 15) is 14.5 Å². The van der Waals surface area contributed by atoms with Crippen LogP contribution < -0.4 is 4.90 Å². The predicted octanol–water partition coefficient (Wildman–Crippen LogP) is 2.97. The van der Waals surface area contributed by atoms with Gasteiger partial charge in [-0.2, -0.15) is 4.39 Å². The SMILES string of the molecule is CN(CC1CCC1)c1cccc(F)c1[N+](=O)[O-]. The summed E-state index contributed by atoms with van der Waals surface area (Å²) in [5.41, 5.74) is -0.0591. The number of hydrogen-bond acceptors (Lipinski definition) is 3. The lowest BCUT2D eigenvalue weighted by molar-refractivity contribution is -0.386. The Morgan fingerprint density at radius 2 is 2.24 bits per heavy atom. The average molecular weight is 238 g/mol. The fraction of sp³-hybridized carbons (Fsp3) is 0.500. The minimum atomic E-state index is -0.770. The van der Waals surface area contributed by atoms with Gasteiger partial charge in [0.05, 0.1) is 4.92 Å². The van der Waals surface area contributed by atoms with Crippen LogP contribution >= 0.6 is 0 Å². The average Bonchev–Trinajstić information content (AvgIpc) is 2.22. The molecule has 0 radical (unpaired) electrons. The summed E-state index contributed by atoms with van der Waals surface area (Å²) in [7, 11) is 1.78. The number of hydrogen-bond donors (Lipinski definition) is 0. The van der Waals surface area contributed by atoms with Crippen molar-refractivity contribution in [2.24, 2.45) is 5.92 Å². The Kier molecular flexibility index (Phi) is 3.26. The molecule has 0 amide bonds. The van der Waals surface area contributed by atoms with Crippen LogP contribution in [0.5, 0.6) is 0 Å². The molecule has 17 heavy (non-hydrogen) atoms. The molecule has 0 bridgehead atoms. The molecule has 0 saturated heterocycles. The van der Waals surface area contributed by atoms with Gasteiger partial charge in [-0.05, 0) is 30.9 Å². The van der Waals surface area contributed by atoms with Gasteiger partial charge in [0.25, 0.3) is 0 Å². The number of para-hydroxylation sites is 1. The van der Waals surface area contributed by atoms with Crippen molar-refractivity contribution in [1.29, 1.82) is 0 Å². The number of halogens is 1. The number of benzene rings is 1. The van der Waals surface area contributed by atoms with Crippen molar-refractivity contribution in [3.63, 3.8) is 0 Å². The first-order chi connectivity index (χ1) is 8.09. The summed E-state index contributed by atoms with van der Waals surface area (Å²) in [5, 5.41) is 10.9. The van der Waals surface area contributed by atoms with Crippen LogP contribution in [0.4, 0.5) is 15.8 Å². The summed E-state index contributed by atoms with van der Waals surface area (Å²) in [4.78, 5) is 12.0. The van der Waals surface area contributed by atoms with Crippen molar-refractivity contribution in [2.75, 3.05) is 18.5 Å². The van der Waals surface area contributed by atoms with E-state index in [0.29, 0.717) is 11.6 Å². The van der Waals surface area contributed by atoms with Crippen LogP contribution in [0, 0.1) is 21.8 Å². The van der Waals surface area contributed by atoms with Crippen LogP contribution in [0.2, 0.25) is 0 Å². The topological polar surface area (TPSA) is 46.4 Å². The lowest BCUT2D eigenvalue weighted by Gasteiger charge is -2.31. The molecule has 0 atom stereocenters. The van der Waals surface area contributed by atoms with Gasteiger partial charge >= 0.3 is 5.69 Å². The number of nitro groups is 1. The second kappa shape index (κ2) is 4.69. The highest BCUT2D eigenvalue weighted by molar-refractivity contribution is 5.63. The Labute approximate surface area is 99.2 Å². The summed E-state index contributed by atoms with van der Waals surface area (Å²) in [6.45, 7) is 0.754. The summed E-state index contributed by atoms with van der Waals surface area (Å²) >= 11 is 0. The Balaban J connectivity index is 2.23. The molecule has 1 fully saturated rings. The number of anilines is 1. The van der Waals surface area contributed by atoms with Gasteiger partial charge in [-0.1, -0.05) is 12.5 Å². The molecule has 2 rings (SSSR count). The second-order valence-electron chi connectivity index (χ2n) is 4.54. The molecular formula is C12H15FN2O2. The largest absolute Gasteiger partial charge is 0.369 e. The molecular weight excluding hydrogens is 223 g/mol. The molecule has 1 aromatic carbocycles. The smallest absolute Gasteiger partial charge is 0.327 e. The van der Waals surface area contributed by atoms with Crippen LogP contribution in [0.1, 0.15) is 19.3 Å². The molecule has 0 unspecified atom stereocenters. The van der Waals surface area contributed by atoms with E-state index in [0.717, 1.165) is 25.5 Å².